The summed E-state index contributed by atoms with van der Waals surface area (Å²) in [5, 5.41) is 6.14. The van der Waals surface area contributed by atoms with E-state index in [9.17, 15) is 4.79 Å². The molecular weight excluding hydrogens is 346 g/mol. The van der Waals surface area contributed by atoms with Gasteiger partial charge in [-0.1, -0.05) is 0 Å². The van der Waals surface area contributed by atoms with Crippen LogP contribution in [0.5, 0.6) is 5.75 Å². The highest BCUT2D eigenvalue weighted by Gasteiger charge is 2.13. The predicted molar refractivity (Wildman–Crippen MR) is 102 cm³/mol. The van der Waals surface area contributed by atoms with E-state index in [0.717, 1.165) is 11.3 Å². The fraction of sp³-hybridized carbons (Fsp3) is 0.158. The molecule has 0 aliphatic carbocycles. The smallest absolute Gasteiger partial charge is 0.337 e. The van der Waals surface area contributed by atoms with Crippen LogP contribution in [0.3, 0.4) is 0 Å². The van der Waals surface area contributed by atoms with Crippen molar-refractivity contribution in [3.63, 3.8) is 0 Å². The van der Waals surface area contributed by atoms with E-state index in [0.29, 0.717) is 28.8 Å². The summed E-state index contributed by atoms with van der Waals surface area (Å²) >= 11 is 0. The van der Waals surface area contributed by atoms with Gasteiger partial charge in [0.05, 0.1) is 31.2 Å². The normalized spacial score (nSPS) is 10.2. The van der Waals surface area contributed by atoms with Gasteiger partial charge in [-0.05, 0) is 30.3 Å². The summed E-state index contributed by atoms with van der Waals surface area (Å²) in [6.07, 6.45) is 3.40. The predicted octanol–water partition coefficient (Wildman–Crippen LogP) is 3.12. The van der Waals surface area contributed by atoms with Gasteiger partial charge in [-0.3, -0.25) is 4.98 Å². The Bertz CT molecular complexity index is 947. The topological polar surface area (TPSA) is 98.3 Å². The third kappa shape index (κ3) is 4.12. The summed E-state index contributed by atoms with van der Waals surface area (Å²) in [5.74, 6) is 1.13. The van der Waals surface area contributed by atoms with Gasteiger partial charge in [-0.15, -0.1) is 0 Å². The zero-order valence-corrected chi connectivity index (χ0v) is 15.2. The molecule has 0 bridgehead atoms. The van der Waals surface area contributed by atoms with Crippen LogP contribution < -0.4 is 15.4 Å². The van der Waals surface area contributed by atoms with E-state index >= 15 is 0 Å². The number of nitrogens with one attached hydrogen (secondary N) is 2. The molecule has 0 spiro atoms. The first-order valence-electron chi connectivity index (χ1n) is 8.15. The van der Waals surface area contributed by atoms with Gasteiger partial charge < -0.3 is 20.1 Å². The molecule has 0 unspecified atom stereocenters. The molecule has 8 nitrogen and oxygen atoms in total. The molecule has 0 radical (unpaired) electrons. The Morgan fingerprint density at radius 3 is 2.48 bits per heavy atom. The highest BCUT2D eigenvalue weighted by Crippen LogP contribution is 2.30. The lowest BCUT2D eigenvalue weighted by atomic mass is 10.1. The van der Waals surface area contributed by atoms with Crippen LogP contribution in [0.15, 0.2) is 48.8 Å². The van der Waals surface area contributed by atoms with Gasteiger partial charge in [0, 0.05) is 31.1 Å². The van der Waals surface area contributed by atoms with Crippen molar-refractivity contribution in [2.24, 2.45) is 0 Å². The second-order valence-corrected chi connectivity index (χ2v) is 5.48. The van der Waals surface area contributed by atoms with E-state index in [-0.39, 0.29) is 0 Å². The van der Waals surface area contributed by atoms with Gasteiger partial charge >= 0.3 is 5.97 Å². The number of hydrogen-bond acceptors (Lipinski definition) is 8. The number of ether oxygens (including phenoxy) is 2. The number of esters is 1. The first kappa shape index (κ1) is 18.1. The molecule has 27 heavy (non-hydrogen) atoms. The minimum Gasteiger partial charge on any atom is -0.495 e. The summed E-state index contributed by atoms with van der Waals surface area (Å²) in [7, 11) is 4.64. The number of anilines is 3. The first-order chi connectivity index (χ1) is 13.1. The number of carbonyl (C=O) groups is 1. The number of carbonyl (C=O) groups excluding carboxylic acids is 1. The van der Waals surface area contributed by atoms with Crippen LogP contribution in [0.4, 0.5) is 17.5 Å². The van der Waals surface area contributed by atoms with Gasteiger partial charge in [-0.2, -0.15) is 4.98 Å². The molecule has 3 rings (SSSR count). The average molecular weight is 365 g/mol. The van der Waals surface area contributed by atoms with E-state index in [1.54, 1.807) is 50.8 Å². The maximum absolute atomic E-state index is 11.8. The largest absolute Gasteiger partial charge is 0.495 e. The molecule has 0 amide bonds. The number of benzene rings is 1. The van der Waals surface area contributed by atoms with E-state index < -0.39 is 5.97 Å². The van der Waals surface area contributed by atoms with Crippen LogP contribution in [0.1, 0.15) is 10.4 Å². The zero-order chi connectivity index (χ0) is 19.2. The SMILES string of the molecule is CNc1nc(Nc2cc(C(=O)OC)ccc2OC)cc(-c2ccncc2)n1. The lowest BCUT2D eigenvalue weighted by molar-refractivity contribution is 0.0601. The summed E-state index contributed by atoms with van der Waals surface area (Å²) < 4.78 is 10.2. The van der Waals surface area contributed by atoms with Crippen LogP contribution in [-0.2, 0) is 4.74 Å². The fourth-order valence-corrected chi connectivity index (χ4v) is 2.48. The lowest BCUT2D eigenvalue weighted by Crippen LogP contribution is -2.05. The Morgan fingerprint density at radius 1 is 1.04 bits per heavy atom. The van der Waals surface area contributed by atoms with Gasteiger partial charge in [0.2, 0.25) is 5.95 Å². The molecule has 0 saturated carbocycles. The first-order valence-corrected chi connectivity index (χ1v) is 8.15. The number of pyridine rings is 1. The van der Waals surface area contributed by atoms with Crippen LogP contribution in [0.2, 0.25) is 0 Å². The van der Waals surface area contributed by atoms with E-state index in [1.165, 1.54) is 7.11 Å². The zero-order valence-electron chi connectivity index (χ0n) is 15.2. The van der Waals surface area contributed by atoms with Crippen molar-refractivity contribution in [1.82, 2.24) is 15.0 Å². The number of hydrogen-bond donors (Lipinski definition) is 2. The molecule has 0 fully saturated rings. The Hall–Kier alpha value is -3.68. The standard InChI is InChI=1S/C19H19N5O3/c1-20-19-23-14(12-6-8-21-9-7-12)11-17(24-19)22-15-10-13(18(25)27-3)4-5-16(15)26-2/h4-11H,1-3H3,(H2,20,22,23,24). The third-order valence-electron chi connectivity index (χ3n) is 3.81. The summed E-state index contributed by atoms with van der Waals surface area (Å²) in [5.41, 5.74) is 2.62. The maximum Gasteiger partial charge on any atom is 0.337 e. The molecule has 138 valence electrons. The molecule has 2 heterocycles. The Labute approximate surface area is 156 Å². The fourth-order valence-electron chi connectivity index (χ4n) is 2.48. The third-order valence-corrected chi connectivity index (χ3v) is 3.81. The number of methoxy groups -OCH3 is 2. The molecule has 3 aromatic rings. The van der Waals surface area contributed by atoms with E-state index in [1.807, 2.05) is 12.1 Å². The van der Waals surface area contributed by atoms with Crippen LogP contribution in [0, 0.1) is 0 Å². The highest BCUT2D eigenvalue weighted by atomic mass is 16.5. The Balaban J connectivity index is 2.01. The van der Waals surface area contributed by atoms with Crippen molar-refractivity contribution in [2.75, 3.05) is 31.9 Å². The minimum atomic E-state index is -0.434. The van der Waals surface area contributed by atoms with Crippen molar-refractivity contribution in [2.45, 2.75) is 0 Å². The summed E-state index contributed by atoms with van der Waals surface area (Å²) in [6, 6.07) is 10.5. The minimum absolute atomic E-state index is 0.401. The second kappa shape index (κ2) is 8.13. The van der Waals surface area contributed by atoms with E-state index in [2.05, 4.69) is 25.6 Å². The molecule has 1 aromatic carbocycles. The Morgan fingerprint density at radius 2 is 1.81 bits per heavy atom. The van der Waals surface area contributed by atoms with E-state index in [4.69, 9.17) is 9.47 Å². The summed E-state index contributed by atoms with van der Waals surface area (Å²) in [6.45, 7) is 0. The molecule has 0 atom stereocenters. The van der Waals surface area contributed by atoms with Crippen molar-refractivity contribution in [1.29, 1.82) is 0 Å². The van der Waals surface area contributed by atoms with Crippen molar-refractivity contribution in [3.8, 4) is 17.0 Å². The highest BCUT2D eigenvalue weighted by molar-refractivity contribution is 5.91. The maximum atomic E-state index is 11.8. The van der Waals surface area contributed by atoms with Crippen LogP contribution >= 0.6 is 0 Å². The molecular formula is C19H19N5O3. The van der Waals surface area contributed by atoms with Crippen molar-refractivity contribution >= 4 is 23.4 Å². The van der Waals surface area contributed by atoms with Crippen LogP contribution in [0.25, 0.3) is 11.3 Å². The quantitative estimate of drug-likeness (QED) is 0.643. The van der Waals surface area contributed by atoms with Crippen LogP contribution in [-0.4, -0.2) is 42.2 Å². The van der Waals surface area contributed by atoms with Gasteiger partial charge in [0.25, 0.3) is 0 Å². The molecule has 0 aliphatic rings. The molecule has 0 aliphatic heterocycles. The second-order valence-electron chi connectivity index (χ2n) is 5.48. The van der Waals surface area contributed by atoms with Gasteiger partial charge in [-0.25, -0.2) is 9.78 Å². The van der Waals surface area contributed by atoms with Crippen molar-refractivity contribution in [3.05, 3.63) is 54.4 Å². The summed E-state index contributed by atoms with van der Waals surface area (Å²) in [4.78, 5) is 24.7. The molecule has 8 heteroatoms. The molecule has 2 N–H and O–H groups in total. The van der Waals surface area contributed by atoms with Gasteiger partial charge in [0.1, 0.15) is 11.6 Å². The monoisotopic (exact) mass is 365 g/mol. The molecule has 0 saturated heterocycles. The van der Waals surface area contributed by atoms with Crippen molar-refractivity contribution < 1.29 is 14.3 Å². The van der Waals surface area contributed by atoms with Gasteiger partial charge in [0.15, 0.2) is 0 Å². The Kier molecular flexibility index (Phi) is 5.46. The number of rotatable bonds is 6. The molecule has 2 aromatic heterocycles. The lowest BCUT2D eigenvalue weighted by Gasteiger charge is -2.13. The number of aromatic nitrogens is 3. The average Bonchev–Trinajstić information content (AvgIpc) is 2.73. The number of nitrogens with zero attached hydrogens (tertiary/aromatic N) is 3.